The summed E-state index contributed by atoms with van der Waals surface area (Å²) >= 11 is 11.3. The van der Waals surface area contributed by atoms with E-state index in [0.29, 0.717) is 0 Å². The van der Waals surface area contributed by atoms with Crippen molar-refractivity contribution in [1.29, 1.82) is 0 Å². The molecular weight excluding hydrogens is 286 g/mol. The summed E-state index contributed by atoms with van der Waals surface area (Å²) in [6.45, 7) is 0. The van der Waals surface area contributed by atoms with E-state index in [4.69, 9.17) is 33.9 Å². The Kier molecular flexibility index (Phi) is 4.23. The molecule has 0 radical (unpaired) electrons. The van der Waals surface area contributed by atoms with Crippen molar-refractivity contribution in [2.45, 2.75) is 6.17 Å². The molecule has 1 aromatic rings. The van der Waals surface area contributed by atoms with Gasteiger partial charge in [0.2, 0.25) is 9.05 Å². The lowest BCUT2D eigenvalue weighted by Gasteiger charge is -2.07. The first-order valence-electron chi connectivity index (χ1n) is 3.80. The third-order valence-electron chi connectivity index (χ3n) is 1.59. The predicted molar refractivity (Wildman–Crippen MR) is 60.0 cm³/mol. The first-order valence-corrected chi connectivity index (χ1v) is 7.04. The fourth-order valence-electron chi connectivity index (χ4n) is 1.03. The third-order valence-corrected chi connectivity index (χ3v) is 3.10. The van der Waals surface area contributed by atoms with Gasteiger partial charge in [0, 0.05) is 20.7 Å². The van der Waals surface area contributed by atoms with Gasteiger partial charge in [0.1, 0.15) is 11.9 Å². The predicted octanol–water partition coefficient (Wildman–Crippen LogP) is 3.57. The Hall–Kier alpha value is -0.0300. The molecule has 1 rings (SSSR count). The number of rotatable bonds is 3. The highest BCUT2D eigenvalue weighted by atomic mass is 35.7. The van der Waals surface area contributed by atoms with Crippen molar-refractivity contribution in [3.8, 4) is 0 Å². The van der Waals surface area contributed by atoms with E-state index in [1.54, 1.807) is 0 Å². The highest BCUT2D eigenvalue weighted by Gasteiger charge is 2.18. The van der Waals surface area contributed by atoms with Gasteiger partial charge in [0.25, 0.3) is 0 Å². The molecule has 0 N–H and O–H groups in total. The minimum atomic E-state index is -3.89. The summed E-state index contributed by atoms with van der Waals surface area (Å²) in [4.78, 5) is 0. The summed E-state index contributed by atoms with van der Waals surface area (Å²) in [6, 6.07) is 4.04. The van der Waals surface area contributed by atoms with Crippen LogP contribution in [0.5, 0.6) is 0 Å². The van der Waals surface area contributed by atoms with Crippen molar-refractivity contribution in [2.24, 2.45) is 0 Å². The largest absolute Gasteiger partial charge is 0.241 e. The summed E-state index contributed by atoms with van der Waals surface area (Å²) in [7, 11) is 1.04. The number of alkyl halides is 1. The van der Waals surface area contributed by atoms with Gasteiger partial charge in [0.15, 0.2) is 0 Å². The van der Waals surface area contributed by atoms with Gasteiger partial charge < -0.3 is 0 Å². The molecule has 0 bridgehead atoms. The minimum Gasteiger partial charge on any atom is -0.241 e. The second-order valence-corrected chi connectivity index (χ2v) is 6.57. The zero-order chi connectivity index (χ0) is 11.6. The van der Waals surface area contributed by atoms with Crippen molar-refractivity contribution in [2.75, 3.05) is 5.75 Å². The average Bonchev–Trinajstić information content (AvgIpc) is 1.98. The Morgan fingerprint density at radius 3 is 2.07 bits per heavy atom. The van der Waals surface area contributed by atoms with E-state index in [0.717, 1.165) is 0 Å². The molecule has 1 atom stereocenters. The summed E-state index contributed by atoms with van der Waals surface area (Å²) in [5.74, 6) is -0.800. The summed E-state index contributed by atoms with van der Waals surface area (Å²) < 4.78 is 34.7. The van der Waals surface area contributed by atoms with Crippen LogP contribution >= 0.6 is 33.9 Å². The molecular formula is C8H6Cl3FO2S. The second kappa shape index (κ2) is 4.87. The molecule has 84 valence electrons. The monoisotopic (exact) mass is 290 g/mol. The highest BCUT2D eigenvalue weighted by molar-refractivity contribution is 8.13. The van der Waals surface area contributed by atoms with E-state index in [9.17, 15) is 12.8 Å². The van der Waals surface area contributed by atoms with E-state index in [2.05, 4.69) is 0 Å². The van der Waals surface area contributed by atoms with Gasteiger partial charge in [-0.2, -0.15) is 0 Å². The molecule has 1 aromatic carbocycles. The van der Waals surface area contributed by atoms with Gasteiger partial charge in [0.05, 0.1) is 0 Å². The van der Waals surface area contributed by atoms with Gasteiger partial charge in [-0.3, -0.25) is 0 Å². The van der Waals surface area contributed by atoms with Crippen LogP contribution in [0.25, 0.3) is 0 Å². The summed E-state index contributed by atoms with van der Waals surface area (Å²) in [5, 5.41) is 0.485. The van der Waals surface area contributed by atoms with E-state index in [1.807, 2.05) is 0 Å². The molecule has 0 saturated carbocycles. The maximum absolute atomic E-state index is 13.4. The standard InChI is InChI=1S/C8H6Cl3FO2S/c9-6-1-5(2-7(10)3-6)8(12)4-15(11,13)14/h1-3,8H,4H2. The van der Waals surface area contributed by atoms with Crippen LogP contribution in [0.15, 0.2) is 18.2 Å². The minimum absolute atomic E-state index is 0.0942. The lowest BCUT2D eigenvalue weighted by Crippen LogP contribution is -2.05. The molecule has 1 unspecified atom stereocenters. The molecule has 0 amide bonds. The van der Waals surface area contributed by atoms with Crippen molar-refractivity contribution >= 4 is 42.9 Å². The number of hydrogen-bond acceptors (Lipinski definition) is 2. The van der Waals surface area contributed by atoms with Crippen LogP contribution in [0.4, 0.5) is 4.39 Å². The third kappa shape index (κ3) is 4.55. The average molecular weight is 292 g/mol. The Morgan fingerprint density at radius 2 is 1.67 bits per heavy atom. The van der Waals surface area contributed by atoms with Crippen LogP contribution in [0.3, 0.4) is 0 Å². The highest BCUT2D eigenvalue weighted by Crippen LogP contribution is 2.27. The molecule has 2 nitrogen and oxygen atoms in total. The molecule has 0 aliphatic rings. The molecule has 0 heterocycles. The summed E-state index contributed by atoms with van der Waals surface area (Å²) in [5.41, 5.74) is 0.0942. The molecule has 15 heavy (non-hydrogen) atoms. The van der Waals surface area contributed by atoms with Gasteiger partial charge in [-0.1, -0.05) is 23.2 Å². The van der Waals surface area contributed by atoms with Crippen molar-refractivity contribution in [3.05, 3.63) is 33.8 Å². The smallest absolute Gasteiger partial charge is 0.235 e. The van der Waals surface area contributed by atoms with Crippen molar-refractivity contribution < 1.29 is 12.8 Å². The maximum Gasteiger partial charge on any atom is 0.235 e. The van der Waals surface area contributed by atoms with E-state index in [1.165, 1.54) is 18.2 Å². The van der Waals surface area contributed by atoms with Crippen LogP contribution in [-0.2, 0) is 9.05 Å². The fourth-order valence-corrected chi connectivity index (χ4v) is 2.44. The molecule has 0 spiro atoms. The first kappa shape index (κ1) is 13.0. The van der Waals surface area contributed by atoms with Crippen molar-refractivity contribution in [1.82, 2.24) is 0 Å². The van der Waals surface area contributed by atoms with E-state index < -0.39 is 21.0 Å². The SMILES string of the molecule is O=S(=O)(Cl)CC(F)c1cc(Cl)cc(Cl)c1. The first-order chi connectivity index (χ1) is 6.78. The molecule has 0 fully saturated rings. The molecule has 0 aliphatic carbocycles. The molecule has 0 saturated heterocycles. The quantitative estimate of drug-likeness (QED) is 0.798. The topological polar surface area (TPSA) is 34.1 Å². The van der Waals surface area contributed by atoms with Crippen LogP contribution in [0.1, 0.15) is 11.7 Å². The van der Waals surface area contributed by atoms with Gasteiger partial charge in [-0.15, -0.1) is 0 Å². The maximum atomic E-state index is 13.4. The lowest BCUT2D eigenvalue weighted by atomic mass is 10.1. The summed E-state index contributed by atoms with van der Waals surface area (Å²) in [6.07, 6.45) is -1.73. The Labute approximate surface area is 101 Å². The zero-order valence-electron chi connectivity index (χ0n) is 7.25. The van der Waals surface area contributed by atoms with Crippen LogP contribution in [-0.4, -0.2) is 14.2 Å². The Balaban J connectivity index is 2.96. The lowest BCUT2D eigenvalue weighted by molar-refractivity contribution is 0.376. The van der Waals surface area contributed by atoms with Gasteiger partial charge in [-0.05, 0) is 23.8 Å². The molecule has 7 heteroatoms. The van der Waals surface area contributed by atoms with E-state index in [-0.39, 0.29) is 15.6 Å². The molecule has 0 aromatic heterocycles. The van der Waals surface area contributed by atoms with Crippen molar-refractivity contribution in [3.63, 3.8) is 0 Å². The van der Waals surface area contributed by atoms with Gasteiger partial charge in [-0.25, -0.2) is 12.8 Å². The zero-order valence-corrected chi connectivity index (χ0v) is 10.3. The Morgan fingerprint density at radius 1 is 1.20 bits per heavy atom. The number of halogens is 4. The Bertz CT molecular complexity index is 441. The van der Waals surface area contributed by atoms with Crippen LogP contribution in [0, 0.1) is 0 Å². The van der Waals surface area contributed by atoms with E-state index >= 15 is 0 Å². The number of hydrogen-bond donors (Lipinski definition) is 0. The van der Waals surface area contributed by atoms with Gasteiger partial charge >= 0.3 is 0 Å². The number of benzene rings is 1. The van der Waals surface area contributed by atoms with Crippen LogP contribution in [0.2, 0.25) is 10.0 Å². The normalized spacial score (nSPS) is 13.9. The fraction of sp³-hybridized carbons (Fsp3) is 0.250. The van der Waals surface area contributed by atoms with Crippen LogP contribution < -0.4 is 0 Å². The second-order valence-electron chi connectivity index (χ2n) is 2.88. The molecule has 0 aliphatic heterocycles.